The van der Waals surface area contributed by atoms with Crippen LogP contribution in [0.5, 0.6) is 5.75 Å². The number of nitrogens with one attached hydrogen (secondary N) is 2. The maximum atomic E-state index is 14.8. The minimum absolute atomic E-state index is 0.00535. The summed E-state index contributed by atoms with van der Waals surface area (Å²) >= 11 is 0. The lowest BCUT2D eigenvalue weighted by Crippen LogP contribution is -2.61. The van der Waals surface area contributed by atoms with E-state index in [0.29, 0.717) is 43.5 Å². The van der Waals surface area contributed by atoms with Crippen molar-refractivity contribution in [1.29, 1.82) is 0 Å². The summed E-state index contributed by atoms with van der Waals surface area (Å²) in [6.45, 7) is 1.87. The Bertz CT molecular complexity index is 2180. The van der Waals surface area contributed by atoms with Gasteiger partial charge in [-0.3, -0.25) is 14.4 Å². The summed E-state index contributed by atoms with van der Waals surface area (Å²) in [6, 6.07) is 7.28. The van der Waals surface area contributed by atoms with E-state index in [9.17, 15) is 36.0 Å². The van der Waals surface area contributed by atoms with Crippen LogP contribution in [0.1, 0.15) is 68.2 Å². The average molecular weight is 767 g/mol. The molecule has 1 aliphatic carbocycles. The van der Waals surface area contributed by atoms with Gasteiger partial charge in [0.1, 0.15) is 34.8 Å². The fourth-order valence-corrected chi connectivity index (χ4v) is 9.57. The van der Waals surface area contributed by atoms with E-state index in [4.69, 9.17) is 9.72 Å². The molecule has 2 aromatic heterocycles. The molecule has 3 fully saturated rings. The molecule has 4 aliphatic heterocycles. The minimum Gasteiger partial charge on any atom is -0.483 e. The summed E-state index contributed by atoms with van der Waals surface area (Å²) in [5, 5.41) is 6.82. The molecule has 1 saturated carbocycles. The van der Waals surface area contributed by atoms with Gasteiger partial charge in [0.2, 0.25) is 21.8 Å². The number of benzene rings is 1. The lowest BCUT2D eigenvalue weighted by molar-refractivity contribution is -0.141. The van der Waals surface area contributed by atoms with Gasteiger partial charge in [-0.25, -0.2) is 22.7 Å². The smallest absolute Gasteiger partial charge is 0.416 e. The number of amides is 3. The van der Waals surface area contributed by atoms with Gasteiger partial charge in [0.05, 0.1) is 35.6 Å². The highest BCUT2D eigenvalue weighted by Gasteiger charge is 2.65. The fourth-order valence-electron chi connectivity index (χ4n) is 8.49. The number of para-hydroxylation sites is 1. The van der Waals surface area contributed by atoms with E-state index in [-0.39, 0.29) is 43.9 Å². The standard InChI is InChI=1S/C38H41F3N6O6S/c1-23-32-27(26-10-7-8-11-28(26)43-23)13-15-36(53-32)21-30-33(48)45-37(35(50)47-17-18-54(47,51)52)20-25(37)9-5-3-2-4-6-12-29(34(49)46(30)22-36)44-31-19-24(14-16-42-31)38(39,40)41/h5,7-11,14,16,19,25,29-30H,2-4,6,12-13,15,17-18,20-22H2,1H3,(H,42,44)(H,45,48)/b9-5-/t25-,29+,30+,36-,37-/m1/s1. The van der Waals surface area contributed by atoms with Crippen molar-refractivity contribution < 1.29 is 40.7 Å². The van der Waals surface area contributed by atoms with Crippen LogP contribution in [0, 0.1) is 12.8 Å². The van der Waals surface area contributed by atoms with Crippen LogP contribution >= 0.6 is 0 Å². The van der Waals surface area contributed by atoms with Crippen LogP contribution in [0.4, 0.5) is 19.0 Å². The van der Waals surface area contributed by atoms with Gasteiger partial charge < -0.3 is 20.3 Å². The highest BCUT2D eigenvalue weighted by molar-refractivity contribution is 7.90. The average Bonchev–Trinajstić information content (AvgIpc) is 3.71. The molecule has 2 saturated heterocycles. The number of anilines is 1. The van der Waals surface area contributed by atoms with Crippen molar-refractivity contribution in [3.63, 3.8) is 0 Å². The number of alkyl halides is 3. The first kappa shape index (κ1) is 36.3. The van der Waals surface area contributed by atoms with Gasteiger partial charge in [-0.05, 0) is 63.6 Å². The number of allylic oxidation sites excluding steroid dienone is 1. The highest BCUT2D eigenvalue weighted by atomic mass is 32.2. The molecule has 5 aliphatic rings. The Balaban J connectivity index is 1.16. The molecular formula is C38H41F3N6O6S. The zero-order valence-electron chi connectivity index (χ0n) is 29.7. The minimum atomic E-state index is -4.63. The lowest BCUT2D eigenvalue weighted by Gasteiger charge is -2.36. The molecule has 54 heavy (non-hydrogen) atoms. The van der Waals surface area contributed by atoms with Crippen molar-refractivity contribution in [1.82, 2.24) is 24.5 Å². The van der Waals surface area contributed by atoms with Crippen LogP contribution in [0.25, 0.3) is 10.9 Å². The summed E-state index contributed by atoms with van der Waals surface area (Å²) in [5.41, 5.74) is -0.975. The number of carbonyl (C=O) groups is 3. The summed E-state index contributed by atoms with van der Waals surface area (Å²) < 4.78 is 73.7. The fraction of sp³-hybridized carbons (Fsp3) is 0.500. The number of aryl methyl sites for hydroxylation is 2. The molecule has 0 radical (unpaired) electrons. The number of hydrogen-bond donors (Lipinski definition) is 2. The molecule has 3 aromatic rings. The van der Waals surface area contributed by atoms with E-state index >= 15 is 0 Å². The molecule has 8 rings (SSSR count). The van der Waals surface area contributed by atoms with Crippen molar-refractivity contribution in [2.75, 3.05) is 24.2 Å². The predicted molar refractivity (Wildman–Crippen MR) is 192 cm³/mol. The number of nitrogens with zero attached hydrogens (tertiary/aromatic N) is 4. The number of ether oxygens (including phenoxy) is 1. The predicted octanol–water partition coefficient (Wildman–Crippen LogP) is 4.67. The second-order valence-corrected chi connectivity index (χ2v) is 17.2. The van der Waals surface area contributed by atoms with Crippen LogP contribution < -0.4 is 15.4 Å². The monoisotopic (exact) mass is 766 g/mol. The Morgan fingerprint density at radius 3 is 2.69 bits per heavy atom. The number of hydrogen-bond acceptors (Lipinski definition) is 9. The molecule has 12 nitrogen and oxygen atoms in total. The Labute approximate surface area is 310 Å². The first-order valence-corrected chi connectivity index (χ1v) is 20.0. The number of pyridine rings is 2. The summed E-state index contributed by atoms with van der Waals surface area (Å²) in [6.07, 6.45) is 4.41. The van der Waals surface area contributed by atoms with Gasteiger partial charge in [0, 0.05) is 29.5 Å². The van der Waals surface area contributed by atoms with Crippen LogP contribution in [0.3, 0.4) is 0 Å². The molecule has 0 unspecified atom stereocenters. The van der Waals surface area contributed by atoms with Crippen LogP contribution in [0.2, 0.25) is 0 Å². The summed E-state index contributed by atoms with van der Waals surface area (Å²) in [4.78, 5) is 53.5. The van der Waals surface area contributed by atoms with Crippen LogP contribution in [-0.2, 0) is 37.0 Å². The Hall–Kier alpha value is -4.73. The van der Waals surface area contributed by atoms with Crippen molar-refractivity contribution >= 4 is 44.5 Å². The van der Waals surface area contributed by atoms with Gasteiger partial charge in [-0.1, -0.05) is 43.2 Å². The third-order valence-corrected chi connectivity index (χ3v) is 13.3. The number of rotatable bonds is 3. The second-order valence-electron chi connectivity index (χ2n) is 15.1. The molecule has 286 valence electrons. The van der Waals surface area contributed by atoms with E-state index in [2.05, 4.69) is 15.6 Å². The van der Waals surface area contributed by atoms with E-state index in [1.165, 1.54) is 4.90 Å². The van der Waals surface area contributed by atoms with Crippen molar-refractivity contribution in [2.24, 2.45) is 5.92 Å². The lowest BCUT2D eigenvalue weighted by atomic mass is 9.87. The Morgan fingerprint density at radius 2 is 1.93 bits per heavy atom. The topological polar surface area (TPSA) is 151 Å². The number of halogens is 3. The highest BCUT2D eigenvalue weighted by Crippen LogP contribution is 2.49. The second kappa shape index (κ2) is 13.2. The molecule has 16 heteroatoms. The molecule has 5 atom stereocenters. The summed E-state index contributed by atoms with van der Waals surface area (Å²) in [7, 11) is -3.78. The quantitative estimate of drug-likeness (QED) is 0.363. The molecule has 3 amide bonds. The first-order valence-electron chi connectivity index (χ1n) is 18.4. The molecule has 6 heterocycles. The number of sulfonamides is 1. The van der Waals surface area contributed by atoms with Gasteiger partial charge in [-0.15, -0.1) is 0 Å². The Kier molecular flexibility index (Phi) is 8.89. The van der Waals surface area contributed by atoms with Crippen molar-refractivity contribution in [3.8, 4) is 5.75 Å². The van der Waals surface area contributed by atoms with Crippen molar-refractivity contribution in [2.45, 2.75) is 94.1 Å². The number of carbonyl (C=O) groups excluding carboxylic acids is 3. The number of aromatic nitrogens is 2. The third kappa shape index (κ3) is 6.45. The van der Waals surface area contributed by atoms with Crippen LogP contribution in [-0.4, -0.2) is 87.4 Å². The molecule has 1 spiro atoms. The van der Waals surface area contributed by atoms with Gasteiger partial charge >= 0.3 is 6.18 Å². The largest absolute Gasteiger partial charge is 0.483 e. The molecular weight excluding hydrogens is 726 g/mol. The molecule has 0 bridgehead atoms. The van der Waals surface area contributed by atoms with Crippen LogP contribution in [0.15, 0.2) is 54.7 Å². The van der Waals surface area contributed by atoms with Gasteiger partial charge in [-0.2, -0.15) is 13.2 Å². The first-order chi connectivity index (χ1) is 25.7. The molecule has 1 aromatic carbocycles. The normalized spacial score (nSPS) is 30.1. The number of fused-ring (bicyclic) bond motifs is 5. The maximum absolute atomic E-state index is 14.8. The zero-order chi connectivity index (χ0) is 38.0. The SMILES string of the molecule is Cc1nc2ccccc2c2c1O[C@]1(CC2)C[C@H]2C(=O)N[C@]3(C(=O)N4CCS4(=O)=O)C[C@H]3/C=C\CCCCC[C@H](Nc3cc(C(F)(F)F)ccn3)C(=O)N2C1. The molecule has 2 N–H and O–H groups in total. The van der Waals surface area contributed by atoms with E-state index < -0.39 is 68.6 Å². The Morgan fingerprint density at radius 1 is 1.11 bits per heavy atom. The van der Waals surface area contributed by atoms with E-state index in [0.717, 1.165) is 45.5 Å². The summed E-state index contributed by atoms with van der Waals surface area (Å²) in [5.74, 6) is -1.98. The maximum Gasteiger partial charge on any atom is 0.416 e. The van der Waals surface area contributed by atoms with E-state index in [1.807, 2.05) is 43.3 Å². The van der Waals surface area contributed by atoms with E-state index in [1.54, 1.807) is 0 Å². The van der Waals surface area contributed by atoms with Crippen molar-refractivity contribution in [3.05, 3.63) is 71.6 Å². The third-order valence-electron chi connectivity index (χ3n) is 11.6. The van der Waals surface area contributed by atoms with Gasteiger partial charge in [0.25, 0.3) is 5.91 Å². The van der Waals surface area contributed by atoms with Gasteiger partial charge in [0.15, 0.2) is 0 Å². The zero-order valence-corrected chi connectivity index (χ0v) is 30.5.